The summed E-state index contributed by atoms with van der Waals surface area (Å²) in [7, 11) is 1.58. The zero-order valence-electron chi connectivity index (χ0n) is 8.09. The molecule has 1 aromatic heterocycles. The third-order valence-electron chi connectivity index (χ3n) is 1.59. The van der Waals surface area contributed by atoms with Crippen LogP contribution in [-0.2, 0) is 4.74 Å². The summed E-state index contributed by atoms with van der Waals surface area (Å²) < 4.78 is 4.92. The van der Waals surface area contributed by atoms with Gasteiger partial charge < -0.3 is 9.72 Å². The molecular weight excluding hydrogens is 166 g/mol. The molecule has 0 fully saturated rings. The fourth-order valence-corrected chi connectivity index (χ4v) is 0.920. The van der Waals surface area contributed by atoms with E-state index in [0.29, 0.717) is 11.7 Å². The van der Waals surface area contributed by atoms with Crippen LogP contribution in [0.5, 0.6) is 0 Å². The lowest BCUT2D eigenvalue weighted by molar-refractivity contribution is 0.400. The number of imidazole rings is 1. The average molecular weight is 179 g/mol. The Bertz CT molecular complexity index is 339. The van der Waals surface area contributed by atoms with E-state index in [1.165, 1.54) is 0 Å². The molecule has 1 heterocycles. The lowest BCUT2D eigenvalue weighted by Crippen LogP contribution is -1.92. The standard InChI is InChI=1S/C9H13N3O/c1-5-8-9(11-6(2)10-8)12-7(3)13-4/h5H,1H2,2-4H3,(H,10,11). The van der Waals surface area contributed by atoms with Crippen molar-refractivity contribution in [2.45, 2.75) is 13.8 Å². The van der Waals surface area contributed by atoms with Crippen molar-refractivity contribution in [1.29, 1.82) is 0 Å². The lowest BCUT2D eigenvalue weighted by atomic mass is 10.4. The van der Waals surface area contributed by atoms with E-state index in [1.54, 1.807) is 20.1 Å². The molecule has 70 valence electrons. The summed E-state index contributed by atoms with van der Waals surface area (Å²) in [5, 5.41) is 0. The van der Waals surface area contributed by atoms with Gasteiger partial charge in [-0.25, -0.2) is 4.98 Å². The number of nitrogens with zero attached hydrogens (tertiary/aromatic N) is 2. The number of aromatic nitrogens is 2. The van der Waals surface area contributed by atoms with Gasteiger partial charge in [-0.15, -0.1) is 0 Å². The zero-order valence-corrected chi connectivity index (χ0v) is 8.09. The number of rotatable bonds is 2. The van der Waals surface area contributed by atoms with E-state index in [1.807, 2.05) is 6.92 Å². The minimum Gasteiger partial charge on any atom is -0.484 e. The van der Waals surface area contributed by atoms with Crippen LogP contribution in [0.25, 0.3) is 6.08 Å². The van der Waals surface area contributed by atoms with Crippen LogP contribution in [0.1, 0.15) is 18.4 Å². The van der Waals surface area contributed by atoms with E-state index in [9.17, 15) is 0 Å². The predicted molar refractivity (Wildman–Crippen MR) is 53.2 cm³/mol. The summed E-state index contributed by atoms with van der Waals surface area (Å²) in [4.78, 5) is 11.4. The fourth-order valence-electron chi connectivity index (χ4n) is 0.920. The van der Waals surface area contributed by atoms with Gasteiger partial charge in [0, 0.05) is 6.92 Å². The maximum atomic E-state index is 4.92. The van der Waals surface area contributed by atoms with Crippen molar-refractivity contribution in [3.63, 3.8) is 0 Å². The van der Waals surface area contributed by atoms with Gasteiger partial charge in [0.1, 0.15) is 5.82 Å². The van der Waals surface area contributed by atoms with Crippen molar-refractivity contribution >= 4 is 17.8 Å². The third kappa shape index (κ3) is 2.18. The highest BCUT2D eigenvalue weighted by atomic mass is 16.5. The highest BCUT2D eigenvalue weighted by Crippen LogP contribution is 2.16. The van der Waals surface area contributed by atoms with E-state index in [0.717, 1.165) is 11.5 Å². The summed E-state index contributed by atoms with van der Waals surface area (Å²) in [6.45, 7) is 7.30. The Morgan fingerprint density at radius 1 is 1.69 bits per heavy atom. The Morgan fingerprint density at radius 2 is 2.38 bits per heavy atom. The van der Waals surface area contributed by atoms with Gasteiger partial charge in [0.05, 0.1) is 12.8 Å². The minimum absolute atomic E-state index is 0.578. The van der Waals surface area contributed by atoms with Gasteiger partial charge in [-0.2, -0.15) is 4.99 Å². The Hall–Kier alpha value is -1.58. The number of aromatic amines is 1. The van der Waals surface area contributed by atoms with Gasteiger partial charge in [0.25, 0.3) is 0 Å². The highest BCUT2D eigenvalue weighted by Gasteiger charge is 2.03. The molecule has 0 amide bonds. The largest absolute Gasteiger partial charge is 0.484 e. The van der Waals surface area contributed by atoms with Gasteiger partial charge in [0.15, 0.2) is 11.7 Å². The van der Waals surface area contributed by atoms with Crippen molar-refractivity contribution in [2.24, 2.45) is 4.99 Å². The topological polar surface area (TPSA) is 50.3 Å². The van der Waals surface area contributed by atoms with Gasteiger partial charge in [0.2, 0.25) is 0 Å². The Morgan fingerprint density at radius 3 is 2.92 bits per heavy atom. The Balaban J connectivity index is 3.06. The molecule has 1 N–H and O–H groups in total. The first-order valence-corrected chi connectivity index (χ1v) is 3.95. The number of nitrogens with one attached hydrogen (secondary N) is 1. The second-order valence-electron chi connectivity index (χ2n) is 2.60. The van der Waals surface area contributed by atoms with Crippen molar-refractivity contribution in [3.05, 3.63) is 18.1 Å². The summed E-state index contributed by atoms with van der Waals surface area (Å²) in [6.07, 6.45) is 1.68. The van der Waals surface area contributed by atoms with E-state index in [2.05, 4.69) is 21.5 Å². The van der Waals surface area contributed by atoms with E-state index in [-0.39, 0.29) is 0 Å². The van der Waals surface area contributed by atoms with E-state index in [4.69, 9.17) is 4.74 Å². The van der Waals surface area contributed by atoms with Gasteiger partial charge in [-0.3, -0.25) is 0 Å². The first-order chi connectivity index (χ1) is 6.17. The van der Waals surface area contributed by atoms with Crippen molar-refractivity contribution < 1.29 is 4.74 Å². The van der Waals surface area contributed by atoms with Crippen molar-refractivity contribution in [1.82, 2.24) is 9.97 Å². The molecule has 0 saturated heterocycles. The van der Waals surface area contributed by atoms with Crippen LogP contribution < -0.4 is 0 Å². The SMILES string of the molecule is C=Cc1[nH]c(C)nc1N=C(C)OC. The van der Waals surface area contributed by atoms with Gasteiger partial charge >= 0.3 is 0 Å². The predicted octanol–water partition coefficient (Wildman–Crippen LogP) is 2.06. The highest BCUT2D eigenvalue weighted by molar-refractivity contribution is 5.77. The first-order valence-electron chi connectivity index (χ1n) is 3.95. The second kappa shape index (κ2) is 3.89. The smallest absolute Gasteiger partial charge is 0.186 e. The Labute approximate surface area is 77.4 Å². The monoisotopic (exact) mass is 179 g/mol. The molecule has 1 rings (SSSR count). The van der Waals surface area contributed by atoms with Crippen LogP contribution in [0.3, 0.4) is 0 Å². The summed E-state index contributed by atoms with van der Waals surface area (Å²) >= 11 is 0. The van der Waals surface area contributed by atoms with Gasteiger partial charge in [-0.1, -0.05) is 6.58 Å². The summed E-state index contributed by atoms with van der Waals surface area (Å²) in [6, 6.07) is 0. The summed E-state index contributed by atoms with van der Waals surface area (Å²) in [5.74, 6) is 2.01. The van der Waals surface area contributed by atoms with Crippen molar-refractivity contribution in [2.75, 3.05) is 7.11 Å². The number of hydrogen-bond donors (Lipinski definition) is 1. The first kappa shape index (κ1) is 9.51. The quantitative estimate of drug-likeness (QED) is 0.558. The van der Waals surface area contributed by atoms with E-state index >= 15 is 0 Å². The minimum atomic E-state index is 0.578. The molecule has 0 bridgehead atoms. The molecule has 0 spiro atoms. The maximum absolute atomic E-state index is 4.92. The molecule has 4 heteroatoms. The molecule has 13 heavy (non-hydrogen) atoms. The molecular formula is C9H13N3O. The number of ether oxygens (including phenoxy) is 1. The molecule has 0 aliphatic carbocycles. The molecule has 0 saturated carbocycles. The van der Waals surface area contributed by atoms with Crippen LogP contribution in [0.4, 0.5) is 5.82 Å². The average Bonchev–Trinajstić information content (AvgIpc) is 2.46. The number of hydrogen-bond acceptors (Lipinski definition) is 3. The molecule has 0 atom stereocenters. The number of H-pyrrole nitrogens is 1. The molecule has 0 unspecified atom stereocenters. The zero-order chi connectivity index (χ0) is 9.84. The number of aryl methyl sites for hydroxylation is 1. The van der Waals surface area contributed by atoms with Crippen LogP contribution in [-0.4, -0.2) is 23.0 Å². The van der Waals surface area contributed by atoms with Crippen LogP contribution in [0.2, 0.25) is 0 Å². The third-order valence-corrected chi connectivity index (χ3v) is 1.59. The summed E-state index contributed by atoms with van der Waals surface area (Å²) in [5.41, 5.74) is 0.814. The molecule has 1 aromatic rings. The number of methoxy groups -OCH3 is 1. The van der Waals surface area contributed by atoms with Gasteiger partial charge in [-0.05, 0) is 13.0 Å². The molecule has 0 aliphatic rings. The molecule has 0 radical (unpaired) electrons. The van der Waals surface area contributed by atoms with E-state index < -0.39 is 0 Å². The van der Waals surface area contributed by atoms with Crippen LogP contribution in [0, 0.1) is 6.92 Å². The van der Waals surface area contributed by atoms with Crippen LogP contribution in [0.15, 0.2) is 11.6 Å². The maximum Gasteiger partial charge on any atom is 0.186 e. The molecule has 0 aromatic carbocycles. The normalized spacial score (nSPS) is 11.5. The number of aliphatic imine (C=N–C) groups is 1. The Kier molecular flexibility index (Phi) is 2.84. The fraction of sp³-hybridized carbons (Fsp3) is 0.333. The molecule has 4 nitrogen and oxygen atoms in total. The van der Waals surface area contributed by atoms with Crippen LogP contribution >= 0.6 is 0 Å². The van der Waals surface area contributed by atoms with Crippen molar-refractivity contribution in [3.8, 4) is 0 Å². The molecule has 0 aliphatic heterocycles. The lowest BCUT2D eigenvalue weighted by Gasteiger charge is -1.95. The second-order valence-corrected chi connectivity index (χ2v) is 2.60.